The first-order chi connectivity index (χ1) is 10.9. The predicted octanol–water partition coefficient (Wildman–Crippen LogP) is 4.46. The van der Waals surface area contributed by atoms with Crippen molar-refractivity contribution in [3.63, 3.8) is 0 Å². The van der Waals surface area contributed by atoms with Gasteiger partial charge in [-0.3, -0.25) is 4.79 Å². The van der Waals surface area contributed by atoms with Gasteiger partial charge >= 0.3 is 0 Å². The zero-order valence-electron chi connectivity index (χ0n) is 14.6. The van der Waals surface area contributed by atoms with Crippen molar-refractivity contribution in [1.29, 1.82) is 0 Å². The summed E-state index contributed by atoms with van der Waals surface area (Å²) in [7, 11) is 0. The molecule has 1 N–H and O–H groups in total. The Hall–Kier alpha value is -0.0200. The van der Waals surface area contributed by atoms with E-state index in [-0.39, 0.29) is 22.6 Å². The van der Waals surface area contributed by atoms with Gasteiger partial charge in [-0.05, 0) is 92.3 Å². The van der Waals surface area contributed by atoms with Crippen molar-refractivity contribution in [3.05, 3.63) is 0 Å². The fraction of sp³-hybridized carbons (Fsp3) is 0.950. The molecule has 23 heavy (non-hydrogen) atoms. The topological polar surface area (TPSA) is 37.3 Å². The second-order valence-electron chi connectivity index (χ2n) is 9.60. The quantitative estimate of drug-likeness (QED) is 0.694. The molecule has 2 nitrogen and oxygen atoms in total. The lowest BCUT2D eigenvalue weighted by Gasteiger charge is -2.60. The van der Waals surface area contributed by atoms with E-state index in [1.165, 1.54) is 38.5 Å². The van der Waals surface area contributed by atoms with E-state index in [0.717, 1.165) is 42.9 Å². The molecule has 4 rings (SSSR count). The fourth-order valence-electron chi connectivity index (χ4n) is 7.64. The summed E-state index contributed by atoms with van der Waals surface area (Å²) in [6.45, 7) is 4.91. The molecular weight excluding hydrogens is 304 g/mol. The Morgan fingerprint density at radius 3 is 2.39 bits per heavy atom. The van der Waals surface area contributed by atoms with Gasteiger partial charge < -0.3 is 5.11 Å². The molecule has 0 aromatic rings. The van der Waals surface area contributed by atoms with Crippen molar-refractivity contribution in [2.75, 3.05) is 0 Å². The molecule has 4 aliphatic rings. The maximum atomic E-state index is 12.0. The van der Waals surface area contributed by atoms with Crippen molar-refractivity contribution in [2.24, 2.45) is 40.4 Å². The number of carbonyl (C=O) groups is 1. The lowest BCUT2D eigenvalue weighted by atomic mass is 9.45. The SMILES string of the molecule is C[C@]12CC[C@H]3[C@@H](CCC4C[C@H](O)CC[C@@]43C)[C@@H]1CC[C@@H]2C(=O)S. The largest absolute Gasteiger partial charge is 0.393 e. The van der Waals surface area contributed by atoms with Crippen LogP contribution in [-0.4, -0.2) is 16.3 Å². The van der Waals surface area contributed by atoms with Gasteiger partial charge in [0.25, 0.3) is 0 Å². The third kappa shape index (κ3) is 2.28. The lowest BCUT2D eigenvalue weighted by Crippen LogP contribution is -2.54. The van der Waals surface area contributed by atoms with Gasteiger partial charge in [-0.1, -0.05) is 13.8 Å². The number of hydrogen-bond acceptors (Lipinski definition) is 2. The van der Waals surface area contributed by atoms with Gasteiger partial charge in [0.2, 0.25) is 0 Å². The van der Waals surface area contributed by atoms with Crippen LogP contribution in [0.25, 0.3) is 0 Å². The molecule has 0 radical (unpaired) electrons. The van der Waals surface area contributed by atoms with Gasteiger partial charge in [0, 0.05) is 5.92 Å². The summed E-state index contributed by atoms with van der Waals surface area (Å²) in [5, 5.41) is 10.2. The number of carbonyl (C=O) groups excluding carboxylic acids is 1. The Morgan fingerprint density at radius 2 is 1.65 bits per heavy atom. The number of fused-ring (bicyclic) bond motifs is 5. The van der Waals surface area contributed by atoms with Crippen LogP contribution in [0.2, 0.25) is 0 Å². The summed E-state index contributed by atoms with van der Waals surface area (Å²) in [6, 6.07) is 0. The van der Waals surface area contributed by atoms with E-state index >= 15 is 0 Å². The van der Waals surface area contributed by atoms with E-state index in [0.29, 0.717) is 5.41 Å². The number of rotatable bonds is 1. The number of aliphatic hydroxyl groups excluding tert-OH is 1. The Labute approximate surface area is 146 Å². The van der Waals surface area contributed by atoms with E-state index in [2.05, 4.69) is 26.5 Å². The van der Waals surface area contributed by atoms with E-state index in [9.17, 15) is 9.90 Å². The van der Waals surface area contributed by atoms with Gasteiger partial charge in [-0.15, -0.1) is 12.6 Å². The fourth-order valence-corrected chi connectivity index (χ4v) is 8.07. The van der Waals surface area contributed by atoms with E-state index in [4.69, 9.17) is 0 Å². The molecule has 4 saturated carbocycles. The van der Waals surface area contributed by atoms with E-state index in [1.54, 1.807) is 0 Å². The average Bonchev–Trinajstić information content (AvgIpc) is 2.85. The maximum absolute atomic E-state index is 12.0. The van der Waals surface area contributed by atoms with Crippen LogP contribution in [0.3, 0.4) is 0 Å². The van der Waals surface area contributed by atoms with E-state index in [1.807, 2.05) is 0 Å². The zero-order chi connectivity index (χ0) is 16.4. The molecule has 0 spiro atoms. The van der Waals surface area contributed by atoms with Gasteiger partial charge in [-0.25, -0.2) is 0 Å². The number of hydrogen-bond donors (Lipinski definition) is 2. The maximum Gasteiger partial charge on any atom is 0.189 e. The third-order valence-corrected chi connectivity index (χ3v) is 9.25. The van der Waals surface area contributed by atoms with Crippen molar-refractivity contribution in [2.45, 2.75) is 77.7 Å². The summed E-state index contributed by atoms with van der Waals surface area (Å²) in [6.07, 6.45) is 10.6. The van der Waals surface area contributed by atoms with Crippen LogP contribution in [0, 0.1) is 40.4 Å². The highest BCUT2D eigenvalue weighted by Gasteiger charge is 2.60. The minimum atomic E-state index is -0.0591. The van der Waals surface area contributed by atoms with Gasteiger partial charge in [0.15, 0.2) is 5.12 Å². The first-order valence-corrected chi connectivity index (χ1v) is 10.2. The first-order valence-electron chi connectivity index (χ1n) is 9.77. The van der Waals surface area contributed by atoms with Crippen LogP contribution >= 0.6 is 12.6 Å². The summed E-state index contributed by atoms with van der Waals surface area (Å²) < 4.78 is 0. The first kappa shape index (κ1) is 16.4. The summed E-state index contributed by atoms with van der Waals surface area (Å²) in [5.41, 5.74) is 0.643. The monoisotopic (exact) mass is 336 g/mol. The molecule has 0 heterocycles. The minimum Gasteiger partial charge on any atom is -0.393 e. The molecule has 1 unspecified atom stereocenters. The molecule has 4 aliphatic carbocycles. The van der Waals surface area contributed by atoms with Crippen LogP contribution in [0.15, 0.2) is 0 Å². The van der Waals surface area contributed by atoms with Crippen LogP contribution in [0.4, 0.5) is 0 Å². The Kier molecular flexibility index (Phi) is 3.93. The highest BCUT2D eigenvalue weighted by molar-refractivity contribution is 7.96. The zero-order valence-corrected chi connectivity index (χ0v) is 15.5. The molecule has 0 aliphatic heterocycles. The second-order valence-corrected chi connectivity index (χ2v) is 10.0. The number of aliphatic hydroxyl groups is 1. The molecule has 0 aromatic heterocycles. The molecule has 3 heteroatoms. The Balaban J connectivity index is 1.61. The molecule has 4 fully saturated rings. The second kappa shape index (κ2) is 5.49. The van der Waals surface area contributed by atoms with Crippen LogP contribution in [-0.2, 0) is 4.79 Å². The highest BCUT2D eigenvalue weighted by atomic mass is 32.1. The molecule has 0 aromatic carbocycles. The van der Waals surface area contributed by atoms with Crippen LogP contribution in [0.5, 0.6) is 0 Å². The highest BCUT2D eigenvalue weighted by Crippen LogP contribution is 2.67. The Morgan fingerprint density at radius 1 is 0.957 bits per heavy atom. The van der Waals surface area contributed by atoms with Gasteiger partial charge in [0.1, 0.15) is 0 Å². The smallest absolute Gasteiger partial charge is 0.189 e. The summed E-state index contributed by atoms with van der Waals surface area (Å²) in [4.78, 5) is 12.0. The molecule has 0 saturated heterocycles. The molecule has 130 valence electrons. The van der Waals surface area contributed by atoms with E-state index < -0.39 is 0 Å². The van der Waals surface area contributed by atoms with Gasteiger partial charge in [0.05, 0.1) is 6.10 Å². The minimum absolute atomic E-state index is 0.0591. The van der Waals surface area contributed by atoms with Crippen molar-refractivity contribution >= 4 is 17.7 Å². The molecule has 0 bridgehead atoms. The lowest BCUT2D eigenvalue weighted by molar-refractivity contribution is -0.134. The average molecular weight is 337 g/mol. The molecule has 8 atom stereocenters. The normalized spacial score (nSPS) is 55.7. The number of thiol groups is 1. The molecular formula is C20H32O2S. The predicted molar refractivity (Wildman–Crippen MR) is 95.2 cm³/mol. The van der Waals surface area contributed by atoms with Crippen LogP contribution < -0.4 is 0 Å². The summed E-state index contributed by atoms with van der Waals surface area (Å²) in [5.74, 6) is 3.27. The van der Waals surface area contributed by atoms with Crippen molar-refractivity contribution in [3.8, 4) is 0 Å². The molecule has 0 amide bonds. The Bertz CT molecular complexity index is 506. The summed E-state index contributed by atoms with van der Waals surface area (Å²) >= 11 is 4.22. The standard InChI is InChI=1S/C20H32O2S/c1-19-9-7-13(21)11-12(19)3-4-14-15-5-6-17(18(22)23)20(15,2)10-8-16(14)19/h12-17,21H,3-11H2,1-2H3,(H,22,23)/t12?,13-,14+,15+,16+,17-,19+,20+/m1/s1. The van der Waals surface area contributed by atoms with Crippen LogP contribution in [0.1, 0.15) is 71.6 Å². The van der Waals surface area contributed by atoms with Crippen molar-refractivity contribution < 1.29 is 9.90 Å². The third-order valence-electron chi connectivity index (χ3n) is 8.94. The van der Waals surface area contributed by atoms with Gasteiger partial charge in [-0.2, -0.15) is 0 Å². The van der Waals surface area contributed by atoms with Crippen molar-refractivity contribution in [1.82, 2.24) is 0 Å².